The van der Waals surface area contributed by atoms with Gasteiger partial charge in [0.15, 0.2) is 9.84 Å². The Kier molecular flexibility index (Phi) is 5.48. The Balaban J connectivity index is 3.05. The molecule has 1 rings (SSSR count). The summed E-state index contributed by atoms with van der Waals surface area (Å²) in [7, 11) is -7.43. The van der Waals surface area contributed by atoms with Crippen molar-refractivity contribution in [1.82, 2.24) is 4.72 Å². The SMILES string of the molecule is CCCC(NS(=O)(=O)c1ccc(S(C)(=O)=O)cc1)C(=O)O. The molecule has 0 saturated heterocycles. The molecule has 1 aromatic rings. The first-order valence-electron chi connectivity index (χ1n) is 6.13. The van der Waals surface area contributed by atoms with Crippen LogP contribution in [0.2, 0.25) is 0 Å². The third-order valence-electron chi connectivity index (χ3n) is 2.74. The molecule has 0 fully saturated rings. The second-order valence-corrected chi connectivity index (χ2v) is 8.27. The van der Waals surface area contributed by atoms with Gasteiger partial charge in [0.2, 0.25) is 10.0 Å². The van der Waals surface area contributed by atoms with Crippen molar-refractivity contribution in [1.29, 1.82) is 0 Å². The Bertz CT molecular complexity index is 707. The number of rotatable bonds is 7. The zero-order chi connectivity index (χ0) is 16.3. The van der Waals surface area contributed by atoms with Crippen LogP contribution in [0.5, 0.6) is 0 Å². The number of aliphatic carboxylic acids is 1. The maximum atomic E-state index is 12.1. The molecule has 0 radical (unpaired) electrons. The lowest BCUT2D eigenvalue weighted by Gasteiger charge is -2.14. The van der Waals surface area contributed by atoms with Gasteiger partial charge in [0, 0.05) is 6.26 Å². The number of carboxylic acids is 1. The van der Waals surface area contributed by atoms with E-state index < -0.39 is 31.9 Å². The van der Waals surface area contributed by atoms with E-state index in [1.54, 1.807) is 6.92 Å². The molecule has 1 unspecified atom stereocenters. The van der Waals surface area contributed by atoms with Crippen LogP contribution in [0.4, 0.5) is 0 Å². The summed E-state index contributed by atoms with van der Waals surface area (Å²) >= 11 is 0. The van der Waals surface area contributed by atoms with Gasteiger partial charge < -0.3 is 5.11 Å². The lowest BCUT2D eigenvalue weighted by Crippen LogP contribution is -2.40. The molecular weight excluding hydrogens is 318 g/mol. The molecular formula is C12H17NO6S2. The van der Waals surface area contributed by atoms with Gasteiger partial charge in [-0.3, -0.25) is 4.79 Å². The molecule has 0 aliphatic carbocycles. The maximum absolute atomic E-state index is 12.1. The summed E-state index contributed by atoms with van der Waals surface area (Å²) in [6.07, 6.45) is 1.68. The molecule has 7 nitrogen and oxygen atoms in total. The lowest BCUT2D eigenvalue weighted by molar-refractivity contribution is -0.139. The van der Waals surface area contributed by atoms with Crippen LogP contribution in [0.15, 0.2) is 34.1 Å². The zero-order valence-corrected chi connectivity index (χ0v) is 13.2. The lowest BCUT2D eigenvalue weighted by atomic mass is 10.2. The van der Waals surface area contributed by atoms with Gasteiger partial charge in [-0.25, -0.2) is 16.8 Å². The number of hydrogen-bond acceptors (Lipinski definition) is 5. The minimum absolute atomic E-state index is 0.00945. The Morgan fingerprint density at radius 2 is 1.62 bits per heavy atom. The van der Waals surface area contributed by atoms with Crippen molar-refractivity contribution in [2.75, 3.05) is 6.26 Å². The van der Waals surface area contributed by atoms with Crippen LogP contribution in [0.3, 0.4) is 0 Å². The average molecular weight is 335 g/mol. The zero-order valence-electron chi connectivity index (χ0n) is 11.6. The van der Waals surface area contributed by atoms with Crippen LogP contribution in [0.1, 0.15) is 19.8 Å². The minimum Gasteiger partial charge on any atom is -0.480 e. The Morgan fingerprint density at radius 3 is 2.00 bits per heavy atom. The first-order valence-corrected chi connectivity index (χ1v) is 9.50. The van der Waals surface area contributed by atoms with E-state index in [0.29, 0.717) is 6.42 Å². The summed E-state index contributed by atoms with van der Waals surface area (Å²) in [5.41, 5.74) is 0. The van der Waals surface area contributed by atoms with Gasteiger partial charge in [-0.2, -0.15) is 4.72 Å². The summed E-state index contributed by atoms with van der Waals surface area (Å²) in [5, 5.41) is 8.96. The molecule has 1 aromatic carbocycles. The minimum atomic E-state index is -4.01. The highest BCUT2D eigenvalue weighted by molar-refractivity contribution is 7.90. The highest BCUT2D eigenvalue weighted by Gasteiger charge is 2.24. The molecule has 0 aliphatic heterocycles. The van der Waals surface area contributed by atoms with E-state index >= 15 is 0 Å². The van der Waals surface area contributed by atoms with Crippen molar-refractivity contribution in [3.63, 3.8) is 0 Å². The van der Waals surface area contributed by atoms with E-state index in [1.165, 1.54) is 12.1 Å². The standard InChI is InChI=1S/C12H17NO6S2/c1-3-4-11(12(14)15)13-21(18,19)10-7-5-9(6-8-10)20(2,16)17/h5-8,11,13H,3-4H2,1-2H3,(H,14,15). The number of benzene rings is 1. The Morgan fingerprint density at radius 1 is 1.14 bits per heavy atom. The van der Waals surface area contributed by atoms with Crippen LogP contribution >= 0.6 is 0 Å². The summed E-state index contributed by atoms with van der Waals surface area (Å²) in [4.78, 5) is 10.8. The predicted octanol–water partition coefficient (Wildman–Crippen LogP) is 0.622. The van der Waals surface area contributed by atoms with Gasteiger partial charge in [-0.15, -0.1) is 0 Å². The van der Waals surface area contributed by atoms with E-state index in [9.17, 15) is 21.6 Å². The highest BCUT2D eigenvalue weighted by Crippen LogP contribution is 2.15. The van der Waals surface area contributed by atoms with Crippen molar-refractivity contribution in [2.45, 2.75) is 35.6 Å². The normalized spacial score (nSPS) is 13.8. The van der Waals surface area contributed by atoms with Crippen molar-refractivity contribution < 1.29 is 26.7 Å². The van der Waals surface area contributed by atoms with Gasteiger partial charge >= 0.3 is 5.97 Å². The largest absolute Gasteiger partial charge is 0.480 e. The fraction of sp³-hybridized carbons (Fsp3) is 0.417. The number of carboxylic acid groups (broad SMARTS) is 1. The van der Waals surface area contributed by atoms with Crippen LogP contribution in [-0.2, 0) is 24.7 Å². The second-order valence-electron chi connectivity index (χ2n) is 4.54. The van der Waals surface area contributed by atoms with E-state index in [1.807, 2.05) is 0 Å². The molecule has 2 N–H and O–H groups in total. The fourth-order valence-electron chi connectivity index (χ4n) is 1.64. The molecule has 0 saturated carbocycles. The maximum Gasteiger partial charge on any atom is 0.321 e. The molecule has 0 amide bonds. The summed E-state index contributed by atoms with van der Waals surface area (Å²) < 4.78 is 48.8. The van der Waals surface area contributed by atoms with E-state index in [0.717, 1.165) is 18.4 Å². The Hall–Kier alpha value is -1.45. The van der Waals surface area contributed by atoms with Gasteiger partial charge in [0.25, 0.3) is 0 Å². The number of sulfonamides is 1. The van der Waals surface area contributed by atoms with Crippen molar-refractivity contribution in [3.8, 4) is 0 Å². The molecule has 21 heavy (non-hydrogen) atoms. The van der Waals surface area contributed by atoms with E-state index in [2.05, 4.69) is 4.72 Å². The Labute approximate surface area is 124 Å². The molecule has 0 bridgehead atoms. The third kappa shape index (κ3) is 4.80. The molecule has 118 valence electrons. The topological polar surface area (TPSA) is 118 Å². The third-order valence-corrected chi connectivity index (χ3v) is 5.35. The average Bonchev–Trinajstić information content (AvgIpc) is 2.37. The van der Waals surface area contributed by atoms with E-state index in [4.69, 9.17) is 5.11 Å². The van der Waals surface area contributed by atoms with Crippen LogP contribution in [0, 0.1) is 0 Å². The van der Waals surface area contributed by atoms with Gasteiger partial charge in [0.1, 0.15) is 6.04 Å². The van der Waals surface area contributed by atoms with Crippen molar-refractivity contribution in [3.05, 3.63) is 24.3 Å². The van der Waals surface area contributed by atoms with Crippen LogP contribution in [-0.4, -0.2) is 40.2 Å². The molecule has 9 heteroatoms. The van der Waals surface area contributed by atoms with Crippen molar-refractivity contribution in [2.24, 2.45) is 0 Å². The quantitative estimate of drug-likeness (QED) is 0.754. The number of sulfone groups is 1. The second kappa shape index (κ2) is 6.54. The first-order chi connectivity index (χ1) is 9.58. The van der Waals surface area contributed by atoms with Gasteiger partial charge in [-0.05, 0) is 30.7 Å². The van der Waals surface area contributed by atoms with Gasteiger partial charge in [-0.1, -0.05) is 13.3 Å². The molecule has 0 aromatic heterocycles. The van der Waals surface area contributed by atoms with Gasteiger partial charge in [0.05, 0.1) is 9.79 Å². The number of nitrogens with one attached hydrogen (secondary N) is 1. The summed E-state index contributed by atoms with van der Waals surface area (Å²) in [6, 6.07) is 3.38. The van der Waals surface area contributed by atoms with Crippen LogP contribution < -0.4 is 4.72 Å². The fourth-order valence-corrected chi connectivity index (χ4v) is 3.50. The predicted molar refractivity (Wildman–Crippen MR) is 76.2 cm³/mol. The summed E-state index contributed by atoms with van der Waals surface area (Å²) in [6.45, 7) is 1.74. The smallest absolute Gasteiger partial charge is 0.321 e. The van der Waals surface area contributed by atoms with Crippen LogP contribution in [0.25, 0.3) is 0 Å². The first kappa shape index (κ1) is 17.6. The number of carbonyl (C=O) groups is 1. The summed E-state index contributed by atoms with van der Waals surface area (Å²) in [5.74, 6) is -1.26. The molecule has 1 atom stereocenters. The van der Waals surface area contributed by atoms with Crippen molar-refractivity contribution >= 4 is 25.8 Å². The molecule has 0 spiro atoms. The monoisotopic (exact) mass is 335 g/mol. The molecule has 0 aliphatic rings. The number of hydrogen-bond donors (Lipinski definition) is 2. The molecule has 0 heterocycles. The van der Waals surface area contributed by atoms with E-state index in [-0.39, 0.29) is 16.2 Å². The highest BCUT2D eigenvalue weighted by atomic mass is 32.2.